The third-order valence-electron chi connectivity index (χ3n) is 6.48. The van der Waals surface area contributed by atoms with Crippen molar-refractivity contribution >= 4 is 40.0 Å². The molecule has 3 aromatic rings. The van der Waals surface area contributed by atoms with Gasteiger partial charge in [0.25, 0.3) is 0 Å². The highest BCUT2D eigenvalue weighted by Crippen LogP contribution is 2.34. The van der Waals surface area contributed by atoms with E-state index in [1.807, 2.05) is 31.3 Å². The van der Waals surface area contributed by atoms with Crippen molar-refractivity contribution < 1.29 is 14.3 Å². The molecule has 2 aliphatic rings. The Morgan fingerprint density at radius 2 is 2.06 bits per heavy atom. The lowest BCUT2D eigenvalue weighted by Crippen LogP contribution is -2.36. The Hall–Kier alpha value is -3.43. The van der Waals surface area contributed by atoms with Gasteiger partial charge in [-0.05, 0) is 36.8 Å². The van der Waals surface area contributed by atoms with Gasteiger partial charge in [0.2, 0.25) is 11.8 Å². The number of nitrogens with zero attached hydrogens (tertiary/aromatic N) is 6. The van der Waals surface area contributed by atoms with Crippen LogP contribution in [0, 0.1) is 0 Å². The van der Waals surface area contributed by atoms with Crippen molar-refractivity contribution in [2.45, 2.75) is 12.5 Å². The zero-order valence-electron chi connectivity index (χ0n) is 19.6. The second kappa shape index (κ2) is 10.1. The molecule has 0 aliphatic carbocycles. The average molecular weight is 495 g/mol. The molecule has 4 heterocycles. The normalized spacial score (nSPS) is 18.1. The molecule has 1 atom stereocenters. The van der Waals surface area contributed by atoms with Crippen molar-refractivity contribution in [2.75, 3.05) is 56.2 Å². The first-order valence-corrected chi connectivity index (χ1v) is 12.0. The smallest absolute Gasteiger partial charge is 0.249 e. The van der Waals surface area contributed by atoms with Gasteiger partial charge in [-0.1, -0.05) is 18.2 Å². The molecule has 2 aromatic heterocycles. The van der Waals surface area contributed by atoms with Gasteiger partial charge in [0.1, 0.15) is 17.9 Å². The zero-order chi connectivity index (χ0) is 24.4. The average Bonchev–Trinajstić information content (AvgIpc) is 3.39. The molecule has 10 heteroatoms. The van der Waals surface area contributed by atoms with Gasteiger partial charge in [0.15, 0.2) is 5.52 Å². The van der Waals surface area contributed by atoms with Crippen molar-refractivity contribution in [3.63, 3.8) is 0 Å². The van der Waals surface area contributed by atoms with Gasteiger partial charge in [-0.15, -0.1) is 0 Å². The summed E-state index contributed by atoms with van der Waals surface area (Å²) in [4.78, 5) is 31.6. The van der Waals surface area contributed by atoms with E-state index in [1.165, 1.54) is 12.4 Å². The summed E-state index contributed by atoms with van der Waals surface area (Å²) in [6, 6.07) is 9.60. The van der Waals surface area contributed by atoms with Gasteiger partial charge in [-0.25, -0.2) is 9.97 Å². The Labute approximate surface area is 208 Å². The van der Waals surface area contributed by atoms with E-state index in [2.05, 4.69) is 26.3 Å². The largest absolute Gasteiger partial charge is 0.437 e. The van der Waals surface area contributed by atoms with Gasteiger partial charge < -0.3 is 24.2 Å². The van der Waals surface area contributed by atoms with Crippen LogP contribution in [-0.2, 0) is 9.53 Å². The molecular weight excluding hydrogens is 468 g/mol. The Morgan fingerprint density at radius 1 is 1.23 bits per heavy atom. The molecule has 0 spiro atoms. The van der Waals surface area contributed by atoms with Crippen LogP contribution in [0.4, 0.5) is 11.5 Å². The maximum Gasteiger partial charge on any atom is 0.249 e. The van der Waals surface area contributed by atoms with Crippen LogP contribution in [0.25, 0.3) is 11.0 Å². The summed E-state index contributed by atoms with van der Waals surface area (Å²) in [5.74, 6) is 1.64. The van der Waals surface area contributed by atoms with Gasteiger partial charge in [-0.2, -0.15) is 4.98 Å². The predicted molar refractivity (Wildman–Crippen MR) is 135 cm³/mol. The van der Waals surface area contributed by atoms with Crippen LogP contribution in [0.2, 0.25) is 5.02 Å². The van der Waals surface area contributed by atoms with E-state index in [9.17, 15) is 4.79 Å². The number of carbonyl (C=O) groups is 1. The maximum absolute atomic E-state index is 12.0. The number of morpholine rings is 1. The highest BCUT2D eigenvalue weighted by atomic mass is 35.5. The number of carbonyl (C=O) groups excluding carboxylic acids is 1. The van der Waals surface area contributed by atoms with Crippen LogP contribution in [-0.4, -0.2) is 78.2 Å². The van der Waals surface area contributed by atoms with Crippen LogP contribution in [0.3, 0.4) is 0 Å². The number of amides is 1. The number of hydrogen-bond donors (Lipinski definition) is 0. The van der Waals surface area contributed by atoms with E-state index in [0.29, 0.717) is 54.0 Å². The van der Waals surface area contributed by atoms with Gasteiger partial charge in [0.05, 0.1) is 29.4 Å². The minimum atomic E-state index is -0.0465. The number of ether oxygens (including phenoxy) is 2. The van der Waals surface area contributed by atoms with E-state index in [0.717, 1.165) is 31.0 Å². The second-order valence-electron chi connectivity index (χ2n) is 8.57. The molecule has 1 aromatic carbocycles. The Morgan fingerprint density at radius 3 is 2.83 bits per heavy atom. The summed E-state index contributed by atoms with van der Waals surface area (Å²) in [6.07, 6.45) is 3.68. The van der Waals surface area contributed by atoms with Crippen LogP contribution >= 0.6 is 11.6 Å². The first-order valence-electron chi connectivity index (χ1n) is 11.6. The third kappa shape index (κ3) is 4.87. The quantitative estimate of drug-likeness (QED) is 0.481. The Kier molecular flexibility index (Phi) is 6.70. The van der Waals surface area contributed by atoms with Crippen molar-refractivity contribution in [1.82, 2.24) is 19.9 Å². The standard InChI is InChI=1S/C25H27ClN6O3/c1-3-23(33)32-9-8-17(15-32)30(2)22-7-5-20-24(29-22)25(28-16-27-20)35-18-4-6-21(19(26)14-18)31-10-12-34-13-11-31/h3-7,14,16-17H,1,8-13,15H2,2H3/t17-/m0/s1. The van der Waals surface area contributed by atoms with Gasteiger partial charge in [-0.3, -0.25) is 4.79 Å². The molecule has 0 saturated carbocycles. The van der Waals surface area contributed by atoms with Crippen molar-refractivity contribution in [3.05, 3.63) is 54.3 Å². The number of likely N-dealkylation sites (N-methyl/N-ethyl adjacent to an activating group) is 1. The fraction of sp³-hybridized carbons (Fsp3) is 0.360. The van der Waals surface area contributed by atoms with E-state index in [1.54, 1.807) is 11.0 Å². The molecule has 0 unspecified atom stereocenters. The third-order valence-corrected chi connectivity index (χ3v) is 6.78. The number of anilines is 2. The number of halogens is 1. The minimum Gasteiger partial charge on any atom is -0.437 e. The summed E-state index contributed by atoms with van der Waals surface area (Å²) in [5.41, 5.74) is 2.19. The molecular formula is C25H27ClN6O3. The molecule has 5 rings (SSSR count). The van der Waals surface area contributed by atoms with Gasteiger partial charge in [0, 0.05) is 45.3 Å². The molecule has 2 fully saturated rings. The molecule has 9 nitrogen and oxygen atoms in total. The summed E-state index contributed by atoms with van der Waals surface area (Å²) in [5, 5.41) is 0.607. The van der Waals surface area contributed by atoms with E-state index in [4.69, 9.17) is 26.1 Å². The maximum atomic E-state index is 12.0. The van der Waals surface area contributed by atoms with E-state index in [-0.39, 0.29) is 11.9 Å². The fourth-order valence-electron chi connectivity index (χ4n) is 4.48. The lowest BCUT2D eigenvalue weighted by atomic mass is 10.2. The van der Waals surface area contributed by atoms with Crippen LogP contribution in [0.1, 0.15) is 6.42 Å². The highest BCUT2D eigenvalue weighted by molar-refractivity contribution is 6.33. The predicted octanol–water partition coefficient (Wildman–Crippen LogP) is 3.53. The zero-order valence-corrected chi connectivity index (χ0v) is 20.3. The number of pyridine rings is 1. The molecule has 0 N–H and O–H groups in total. The Bertz CT molecular complexity index is 1250. The first-order chi connectivity index (χ1) is 17.0. The molecule has 0 bridgehead atoms. The van der Waals surface area contributed by atoms with E-state index >= 15 is 0 Å². The summed E-state index contributed by atoms with van der Waals surface area (Å²) >= 11 is 6.58. The van der Waals surface area contributed by atoms with Crippen molar-refractivity contribution in [2.24, 2.45) is 0 Å². The molecule has 1 amide bonds. The minimum absolute atomic E-state index is 0.0465. The van der Waals surface area contributed by atoms with Crippen molar-refractivity contribution in [3.8, 4) is 11.6 Å². The highest BCUT2D eigenvalue weighted by Gasteiger charge is 2.28. The number of likely N-dealkylation sites (tertiary alicyclic amines) is 1. The number of rotatable bonds is 6. The summed E-state index contributed by atoms with van der Waals surface area (Å²) in [7, 11) is 1.98. The molecule has 2 saturated heterocycles. The van der Waals surface area contributed by atoms with Gasteiger partial charge >= 0.3 is 0 Å². The lowest BCUT2D eigenvalue weighted by molar-refractivity contribution is -0.125. The second-order valence-corrected chi connectivity index (χ2v) is 8.98. The monoisotopic (exact) mass is 494 g/mol. The molecule has 2 aliphatic heterocycles. The topological polar surface area (TPSA) is 83.9 Å². The number of benzene rings is 1. The van der Waals surface area contributed by atoms with Crippen LogP contribution in [0.15, 0.2) is 49.3 Å². The molecule has 182 valence electrons. The number of hydrogen-bond acceptors (Lipinski definition) is 8. The molecule has 0 radical (unpaired) electrons. The fourth-order valence-corrected chi connectivity index (χ4v) is 4.77. The number of aromatic nitrogens is 3. The van der Waals surface area contributed by atoms with Crippen LogP contribution in [0.5, 0.6) is 11.6 Å². The van der Waals surface area contributed by atoms with Crippen LogP contribution < -0.4 is 14.5 Å². The molecule has 35 heavy (non-hydrogen) atoms. The SMILES string of the molecule is C=CC(=O)N1CC[C@H](N(C)c2ccc3ncnc(Oc4ccc(N5CCOCC5)c(Cl)c4)c3n2)C1. The van der Waals surface area contributed by atoms with Crippen molar-refractivity contribution in [1.29, 1.82) is 0 Å². The summed E-state index contributed by atoms with van der Waals surface area (Å²) < 4.78 is 11.5. The number of fused-ring (bicyclic) bond motifs is 1. The Balaban J connectivity index is 1.37. The summed E-state index contributed by atoms with van der Waals surface area (Å²) in [6.45, 7) is 7.90. The first kappa shape index (κ1) is 23.3. The van der Waals surface area contributed by atoms with E-state index < -0.39 is 0 Å². The lowest BCUT2D eigenvalue weighted by Gasteiger charge is -2.29.